The zero-order valence-electron chi connectivity index (χ0n) is 17.5. The van der Waals surface area contributed by atoms with Crippen LogP contribution in [0.2, 0.25) is 0 Å². The monoisotopic (exact) mass is 467 g/mol. The molecule has 0 aliphatic carbocycles. The minimum Gasteiger partial charge on any atom is -0.497 e. The lowest BCUT2D eigenvalue weighted by Crippen LogP contribution is -2.30. The maximum absolute atomic E-state index is 13.2. The average Bonchev–Trinajstić information content (AvgIpc) is 3.25. The van der Waals surface area contributed by atoms with Crippen molar-refractivity contribution in [2.75, 3.05) is 17.8 Å². The molecule has 0 radical (unpaired) electrons. The number of fused-ring (bicyclic) bond motifs is 1. The predicted molar refractivity (Wildman–Crippen MR) is 128 cm³/mol. The molecule has 4 aromatic rings. The third kappa shape index (κ3) is 5.63. The Kier molecular flexibility index (Phi) is 7.34. The smallest absolute Gasteiger partial charge is 0.229 e. The van der Waals surface area contributed by atoms with Gasteiger partial charge in [0.15, 0.2) is 5.13 Å². The molecule has 2 heterocycles. The number of ether oxygens (including phenoxy) is 1. The van der Waals surface area contributed by atoms with Crippen LogP contribution in [0.5, 0.6) is 5.75 Å². The van der Waals surface area contributed by atoms with E-state index in [1.807, 2.05) is 30.3 Å². The van der Waals surface area contributed by atoms with Gasteiger partial charge in [-0.3, -0.25) is 14.7 Å². The summed E-state index contributed by atoms with van der Waals surface area (Å²) in [6.07, 6.45) is 4.59. The van der Waals surface area contributed by atoms with Crippen LogP contribution in [0.1, 0.15) is 18.4 Å². The lowest BCUT2D eigenvalue weighted by atomic mass is 10.2. The Bertz CT molecular complexity index is 1180. The molecule has 5 nitrogen and oxygen atoms in total. The SMILES string of the molecule is COc1ccc2sc(N(Cc3cccnc3)C(=O)CCCSc3ccc(F)cc3)nc2c1. The Morgan fingerprint density at radius 2 is 2.03 bits per heavy atom. The third-order valence-electron chi connectivity index (χ3n) is 4.80. The van der Waals surface area contributed by atoms with Gasteiger partial charge < -0.3 is 4.74 Å². The third-order valence-corrected chi connectivity index (χ3v) is 6.95. The number of thioether (sulfide) groups is 1. The first-order chi connectivity index (χ1) is 15.6. The van der Waals surface area contributed by atoms with Gasteiger partial charge in [-0.1, -0.05) is 17.4 Å². The number of carbonyl (C=O) groups is 1. The van der Waals surface area contributed by atoms with Crippen molar-refractivity contribution >= 4 is 44.4 Å². The summed E-state index contributed by atoms with van der Waals surface area (Å²) in [5, 5.41) is 0.660. The molecule has 0 fully saturated rings. The van der Waals surface area contributed by atoms with Gasteiger partial charge in [-0.05, 0) is 60.2 Å². The molecule has 0 spiro atoms. The van der Waals surface area contributed by atoms with Crippen molar-refractivity contribution in [3.63, 3.8) is 0 Å². The van der Waals surface area contributed by atoms with Crippen LogP contribution in [0, 0.1) is 5.82 Å². The molecule has 2 aromatic heterocycles. The number of aromatic nitrogens is 2. The van der Waals surface area contributed by atoms with Gasteiger partial charge in [-0.2, -0.15) is 0 Å². The molecule has 4 rings (SSSR count). The Labute approximate surface area is 194 Å². The van der Waals surface area contributed by atoms with Crippen LogP contribution in [-0.2, 0) is 11.3 Å². The molecule has 0 N–H and O–H groups in total. The summed E-state index contributed by atoms with van der Waals surface area (Å²) in [6, 6.07) is 16.0. The van der Waals surface area contributed by atoms with Crippen molar-refractivity contribution in [3.8, 4) is 5.75 Å². The maximum atomic E-state index is 13.2. The van der Waals surface area contributed by atoms with Crippen LogP contribution in [0.3, 0.4) is 0 Å². The molecular formula is C24H22FN3O2S2. The Balaban J connectivity index is 1.47. The minimum atomic E-state index is -0.246. The highest BCUT2D eigenvalue weighted by Gasteiger charge is 2.20. The van der Waals surface area contributed by atoms with Gasteiger partial charge >= 0.3 is 0 Å². The normalized spacial score (nSPS) is 10.9. The summed E-state index contributed by atoms with van der Waals surface area (Å²) >= 11 is 3.10. The molecule has 0 saturated carbocycles. The molecule has 1 amide bonds. The predicted octanol–water partition coefficient (Wildman–Crippen LogP) is 5.94. The standard InChI is InChI=1S/C24H22FN3O2S2/c1-30-19-8-11-22-21(14-19)27-24(32-22)28(16-17-4-2-12-26-15-17)23(29)5-3-13-31-20-9-6-18(25)7-10-20/h2,4,6-12,14-15H,3,5,13,16H2,1H3. The fourth-order valence-corrected chi connectivity index (χ4v) is 4.97. The first kappa shape index (κ1) is 22.2. The molecule has 164 valence electrons. The number of hydrogen-bond acceptors (Lipinski definition) is 6. The van der Waals surface area contributed by atoms with E-state index in [4.69, 9.17) is 9.72 Å². The van der Waals surface area contributed by atoms with E-state index in [1.54, 1.807) is 48.3 Å². The highest BCUT2D eigenvalue weighted by atomic mass is 32.2. The summed E-state index contributed by atoms with van der Waals surface area (Å²) in [6.45, 7) is 0.411. The summed E-state index contributed by atoms with van der Waals surface area (Å²) in [4.78, 5) is 24.8. The number of carbonyl (C=O) groups excluding carboxylic acids is 1. The Morgan fingerprint density at radius 1 is 1.19 bits per heavy atom. The van der Waals surface area contributed by atoms with Gasteiger partial charge in [-0.25, -0.2) is 9.37 Å². The van der Waals surface area contributed by atoms with Gasteiger partial charge in [0.2, 0.25) is 5.91 Å². The molecule has 8 heteroatoms. The van der Waals surface area contributed by atoms with Crippen molar-refractivity contribution < 1.29 is 13.9 Å². The van der Waals surface area contributed by atoms with Gasteiger partial charge in [0.1, 0.15) is 11.6 Å². The average molecular weight is 468 g/mol. The van der Waals surface area contributed by atoms with Gasteiger partial charge in [-0.15, -0.1) is 11.8 Å². The van der Waals surface area contributed by atoms with E-state index in [1.165, 1.54) is 23.5 Å². The Hall–Kier alpha value is -2.97. The van der Waals surface area contributed by atoms with E-state index in [0.29, 0.717) is 24.5 Å². The number of thiazole rings is 1. The van der Waals surface area contributed by atoms with Crippen molar-refractivity contribution in [3.05, 3.63) is 78.4 Å². The second-order valence-electron chi connectivity index (χ2n) is 7.08. The Morgan fingerprint density at radius 3 is 2.78 bits per heavy atom. The fourth-order valence-electron chi connectivity index (χ4n) is 3.15. The summed E-state index contributed by atoms with van der Waals surface area (Å²) in [7, 11) is 1.62. The highest BCUT2D eigenvalue weighted by molar-refractivity contribution is 7.99. The fraction of sp³-hybridized carbons (Fsp3) is 0.208. The highest BCUT2D eigenvalue weighted by Crippen LogP contribution is 2.32. The number of benzene rings is 2. The van der Waals surface area contributed by atoms with Crippen LogP contribution in [0.4, 0.5) is 9.52 Å². The van der Waals surface area contributed by atoms with E-state index >= 15 is 0 Å². The van der Waals surface area contributed by atoms with Crippen LogP contribution >= 0.6 is 23.1 Å². The summed E-state index contributed by atoms with van der Waals surface area (Å²) < 4.78 is 19.3. The largest absolute Gasteiger partial charge is 0.497 e. The quantitative estimate of drug-likeness (QED) is 0.225. The summed E-state index contributed by atoms with van der Waals surface area (Å²) in [5.74, 6) is 1.27. The van der Waals surface area contributed by atoms with Crippen LogP contribution in [-0.4, -0.2) is 28.7 Å². The van der Waals surface area contributed by atoms with E-state index in [2.05, 4.69) is 4.98 Å². The van der Waals surface area contributed by atoms with E-state index < -0.39 is 0 Å². The van der Waals surface area contributed by atoms with Gasteiger partial charge in [0.05, 0.1) is 23.9 Å². The molecule has 0 unspecified atom stereocenters. The lowest BCUT2D eigenvalue weighted by molar-refractivity contribution is -0.118. The van der Waals surface area contributed by atoms with Crippen molar-refractivity contribution in [2.24, 2.45) is 0 Å². The molecule has 0 aliphatic rings. The van der Waals surface area contributed by atoms with E-state index in [0.717, 1.165) is 32.2 Å². The van der Waals surface area contributed by atoms with Crippen LogP contribution in [0.15, 0.2) is 71.9 Å². The van der Waals surface area contributed by atoms with Crippen molar-refractivity contribution in [1.29, 1.82) is 0 Å². The number of rotatable bonds is 9. The number of nitrogens with zero attached hydrogens (tertiary/aromatic N) is 3. The number of anilines is 1. The second kappa shape index (κ2) is 10.6. The van der Waals surface area contributed by atoms with Crippen molar-refractivity contribution in [2.45, 2.75) is 24.3 Å². The second-order valence-corrected chi connectivity index (χ2v) is 9.25. The van der Waals surface area contributed by atoms with Crippen LogP contribution < -0.4 is 9.64 Å². The molecule has 0 bridgehead atoms. The zero-order valence-corrected chi connectivity index (χ0v) is 19.2. The maximum Gasteiger partial charge on any atom is 0.229 e. The number of pyridine rings is 1. The number of halogens is 1. The van der Waals surface area contributed by atoms with Gasteiger partial charge in [0.25, 0.3) is 0 Å². The zero-order chi connectivity index (χ0) is 22.3. The molecule has 0 aliphatic heterocycles. The van der Waals surface area contributed by atoms with Crippen LogP contribution in [0.25, 0.3) is 10.2 Å². The minimum absolute atomic E-state index is 0.0135. The molecule has 0 saturated heterocycles. The van der Waals surface area contributed by atoms with E-state index in [9.17, 15) is 9.18 Å². The number of methoxy groups -OCH3 is 1. The first-order valence-electron chi connectivity index (χ1n) is 10.1. The topological polar surface area (TPSA) is 55.3 Å². The van der Waals surface area contributed by atoms with Crippen molar-refractivity contribution in [1.82, 2.24) is 9.97 Å². The molecule has 0 atom stereocenters. The molecule has 2 aromatic carbocycles. The number of amides is 1. The number of hydrogen-bond donors (Lipinski definition) is 0. The molecule has 32 heavy (non-hydrogen) atoms. The first-order valence-corrected chi connectivity index (χ1v) is 11.9. The van der Waals surface area contributed by atoms with Gasteiger partial charge in [0, 0.05) is 29.8 Å². The summed E-state index contributed by atoms with van der Waals surface area (Å²) in [5.41, 5.74) is 1.75. The van der Waals surface area contributed by atoms with E-state index in [-0.39, 0.29) is 11.7 Å². The lowest BCUT2D eigenvalue weighted by Gasteiger charge is -2.20. The molecular weight excluding hydrogens is 445 g/mol.